The van der Waals surface area contributed by atoms with Gasteiger partial charge < -0.3 is 0 Å². The number of hydrogen-bond acceptors (Lipinski definition) is 1. The molecule has 0 spiro atoms. The zero-order valence-electron chi connectivity index (χ0n) is 9.59. The van der Waals surface area contributed by atoms with Crippen LogP contribution in [0.5, 0.6) is 0 Å². The van der Waals surface area contributed by atoms with Gasteiger partial charge in [0.1, 0.15) is 23.3 Å². The number of ketones is 1. The lowest BCUT2D eigenvalue weighted by molar-refractivity contribution is 0.0991. The first kappa shape index (κ1) is 13.3. The van der Waals surface area contributed by atoms with Crippen LogP contribution in [0.15, 0.2) is 36.4 Å². The molecule has 2 rings (SSSR count). The minimum Gasteiger partial charge on any atom is -0.294 e. The first-order valence-electron chi connectivity index (χ1n) is 5.39. The van der Waals surface area contributed by atoms with Crippen molar-refractivity contribution in [1.82, 2.24) is 0 Å². The van der Waals surface area contributed by atoms with E-state index in [1.54, 1.807) is 0 Å². The number of Topliss-reactive ketones (excluding diaryl/α,β-unsaturated/α-hetero) is 1. The summed E-state index contributed by atoms with van der Waals surface area (Å²) in [6.45, 7) is 0. The van der Waals surface area contributed by atoms with Crippen molar-refractivity contribution in [2.45, 2.75) is 6.42 Å². The van der Waals surface area contributed by atoms with Gasteiger partial charge in [0.2, 0.25) is 0 Å². The highest BCUT2D eigenvalue weighted by molar-refractivity contribution is 5.97. The van der Waals surface area contributed by atoms with Crippen molar-refractivity contribution in [3.63, 3.8) is 0 Å². The van der Waals surface area contributed by atoms with Gasteiger partial charge in [-0.3, -0.25) is 4.79 Å². The van der Waals surface area contributed by atoms with Crippen LogP contribution in [0, 0.1) is 23.3 Å². The van der Waals surface area contributed by atoms with E-state index in [1.165, 1.54) is 0 Å². The van der Waals surface area contributed by atoms with Gasteiger partial charge in [-0.1, -0.05) is 0 Å². The van der Waals surface area contributed by atoms with Crippen molar-refractivity contribution in [2.24, 2.45) is 0 Å². The minimum absolute atomic E-state index is 0.158. The molecule has 0 aliphatic rings. The first-order chi connectivity index (χ1) is 8.95. The van der Waals surface area contributed by atoms with Crippen LogP contribution in [-0.4, -0.2) is 5.78 Å². The maximum absolute atomic E-state index is 13.3. The molecular formula is C14H8F4O. The largest absolute Gasteiger partial charge is 0.294 e. The molecule has 0 aliphatic carbocycles. The Bertz CT molecular complexity index is 617. The van der Waals surface area contributed by atoms with Crippen LogP contribution in [-0.2, 0) is 6.42 Å². The van der Waals surface area contributed by atoms with E-state index in [0.717, 1.165) is 30.3 Å². The van der Waals surface area contributed by atoms with E-state index in [4.69, 9.17) is 0 Å². The third-order valence-corrected chi connectivity index (χ3v) is 2.54. The lowest BCUT2D eigenvalue weighted by Gasteiger charge is -2.04. The second kappa shape index (κ2) is 5.22. The van der Waals surface area contributed by atoms with Crippen molar-refractivity contribution in [3.8, 4) is 0 Å². The fraction of sp³-hybridized carbons (Fsp3) is 0.0714. The zero-order chi connectivity index (χ0) is 14.0. The molecule has 0 saturated carbocycles. The molecule has 0 aromatic heterocycles. The maximum atomic E-state index is 13.3. The van der Waals surface area contributed by atoms with Crippen LogP contribution >= 0.6 is 0 Å². The van der Waals surface area contributed by atoms with Gasteiger partial charge in [0.15, 0.2) is 5.78 Å². The van der Waals surface area contributed by atoms with Gasteiger partial charge >= 0.3 is 0 Å². The van der Waals surface area contributed by atoms with E-state index in [0.29, 0.717) is 6.07 Å². The Balaban J connectivity index is 2.28. The maximum Gasteiger partial charge on any atom is 0.167 e. The van der Waals surface area contributed by atoms with E-state index in [1.807, 2.05) is 0 Å². The zero-order valence-corrected chi connectivity index (χ0v) is 9.59. The Hall–Kier alpha value is -2.17. The smallest absolute Gasteiger partial charge is 0.167 e. The second-order valence-corrected chi connectivity index (χ2v) is 3.99. The third kappa shape index (κ3) is 3.19. The van der Waals surface area contributed by atoms with Crippen LogP contribution in [0.25, 0.3) is 0 Å². The molecule has 0 saturated heterocycles. The molecular weight excluding hydrogens is 260 g/mol. The van der Waals surface area contributed by atoms with Crippen LogP contribution in [0.3, 0.4) is 0 Å². The van der Waals surface area contributed by atoms with E-state index >= 15 is 0 Å². The third-order valence-electron chi connectivity index (χ3n) is 2.54. The van der Waals surface area contributed by atoms with E-state index < -0.39 is 35.5 Å². The number of hydrogen-bond donors (Lipinski definition) is 0. The Morgan fingerprint density at radius 1 is 0.842 bits per heavy atom. The normalized spacial score (nSPS) is 10.5. The predicted molar refractivity (Wildman–Crippen MR) is 60.8 cm³/mol. The highest BCUT2D eigenvalue weighted by atomic mass is 19.1. The van der Waals surface area contributed by atoms with Crippen molar-refractivity contribution >= 4 is 5.78 Å². The van der Waals surface area contributed by atoms with Gasteiger partial charge in [-0.25, -0.2) is 17.6 Å². The molecule has 0 radical (unpaired) electrons. The molecule has 0 atom stereocenters. The Morgan fingerprint density at radius 3 is 2.11 bits per heavy atom. The molecule has 0 fully saturated rings. The van der Waals surface area contributed by atoms with Gasteiger partial charge in [0.25, 0.3) is 0 Å². The molecule has 0 N–H and O–H groups in total. The van der Waals surface area contributed by atoms with Crippen LogP contribution in [0.4, 0.5) is 17.6 Å². The SMILES string of the molecule is O=C(Cc1cc(F)ccc1F)c1cc(F)cc(F)c1. The minimum atomic E-state index is -0.900. The molecule has 2 aromatic carbocycles. The van der Waals surface area contributed by atoms with E-state index in [2.05, 4.69) is 0 Å². The summed E-state index contributed by atoms with van der Waals surface area (Å²) in [7, 11) is 0. The summed E-state index contributed by atoms with van der Waals surface area (Å²) in [6.07, 6.45) is -0.466. The molecule has 0 heterocycles. The van der Waals surface area contributed by atoms with Crippen LogP contribution in [0.1, 0.15) is 15.9 Å². The summed E-state index contributed by atoms with van der Waals surface area (Å²) in [5, 5.41) is 0. The molecule has 98 valence electrons. The molecule has 19 heavy (non-hydrogen) atoms. The highest BCUT2D eigenvalue weighted by Gasteiger charge is 2.13. The van der Waals surface area contributed by atoms with Gasteiger partial charge in [-0.05, 0) is 35.9 Å². The van der Waals surface area contributed by atoms with Gasteiger partial charge in [-0.2, -0.15) is 0 Å². The van der Waals surface area contributed by atoms with Crippen LogP contribution in [0.2, 0.25) is 0 Å². The fourth-order valence-corrected chi connectivity index (χ4v) is 1.67. The molecule has 0 bridgehead atoms. The molecule has 0 amide bonds. The van der Waals surface area contributed by atoms with Crippen LogP contribution < -0.4 is 0 Å². The Morgan fingerprint density at radius 2 is 1.47 bits per heavy atom. The summed E-state index contributed by atoms with van der Waals surface area (Å²) in [4.78, 5) is 11.8. The molecule has 2 aromatic rings. The number of halogens is 4. The lowest BCUT2D eigenvalue weighted by Crippen LogP contribution is -2.06. The molecule has 5 heteroatoms. The Labute approximate surface area is 106 Å². The molecule has 1 nitrogen and oxygen atoms in total. The number of carbonyl (C=O) groups excluding carboxylic acids is 1. The Kier molecular flexibility index (Phi) is 3.64. The monoisotopic (exact) mass is 268 g/mol. The van der Waals surface area contributed by atoms with Crippen molar-refractivity contribution < 1.29 is 22.4 Å². The summed E-state index contributed by atoms with van der Waals surface area (Å²) in [5.41, 5.74) is -0.379. The quantitative estimate of drug-likeness (QED) is 0.613. The van der Waals surface area contributed by atoms with Crippen molar-refractivity contribution in [3.05, 3.63) is 70.8 Å². The molecule has 0 unspecified atom stereocenters. The van der Waals surface area contributed by atoms with E-state index in [9.17, 15) is 22.4 Å². The van der Waals surface area contributed by atoms with Gasteiger partial charge in [-0.15, -0.1) is 0 Å². The lowest BCUT2D eigenvalue weighted by atomic mass is 10.0. The van der Waals surface area contributed by atoms with Gasteiger partial charge in [0.05, 0.1) is 0 Å². The predicted octanol–water partition coefficient (Wildman–Crippen LogP) is 3.67. The average Bonchev–Trinajstić information content (AvgIpc) is 2.32. The highest BCUT2D eigenvalue weighted by Crippen LogP contribution is 2.15. The van der Waals surface area contributed by atoms with Crippen molar-refractivity contribution in [2.75, 3.05) is 0 Å². The fourth-order valence-electron chi connectivity index (χ4n) is 1.67. The summed E-state index contributed by atoms with van der Waals surface area (Å²) in [5.74, 6) is -3.92. The standard InChI is InChI=1S/C14H8F4O/c15-10-1-2-13(18)8(3-10)6-14(19)9-4-11(16)7-12(17)5-9/h1-5,7H,6H2. The van der Waals surface area contributed by atoms with Crippen molar-refractivity contribution in [1.29, 1.82) is 0 Å². The first-order valence-corrected chi connectivity index (χ1v) is 5.39. The topological polar surface area (TPSA) is 17.1 Å². The summed E-state index contributed by atoms with van der Waals surface area (Å²) < 4.78 is 52.2. The number of rotatable bonds is 3. The number of carbonyl (C=O) groups is 1. The second-order valence-electron chi connectivity index (χ2n) is 3.99. The molecule has 0 aliphatic heterocycles. The summed E-state index contributed by atoms with van der Waals surface area (Å²) in [6, 6.07) is 5.02. The summed E-state index contributed by atoms with van der Waals surface area (Å²) >= 11 is 0. The number of benzene rings is 2. The van der Waals surface area contributed by atoms with E-state index in [-0.39, 0.29) is 11.1 Å². The average molecular weight is 268 g/mol. The van der Waals surface area contributed by atoms with Gasteiger partial charge in [0, 0.05) is 18.1 Å².